The standard InChI is InChI=1S/C21H22N2O4/c24-20(22-16-12-26-18-8-3-1-6-14(16)18)10-5-11-21(25)23-17-13-27-19-9-4-2-7-15(17)19/h1-4,6-9,16-17H,5,10-13H2,(H,22,24)(H,23,25). The molecule has 140 valence electrons. The number of ether oxygens (including phenoxy) is 2. The van der Waals surface area contributed by atoms with E-state index < -0.39 is 0 Å². The Balaban J connectivity index is 1.20. The van der Waals surface area contributed by atoms with Crippen molar-refractivity contribution in [2.45, 2.75) is 31.3 Å². The van der Waals surface area contributed by atoms with Gasteiger partial charge in [-0.25, -0.2) is 0 Å². The first-order valence-corrected chi connectivity index (χ1v) is 9.23. The number of para-hydroxylation sites is 2. The minimum Gasteiger partial charge on any atom is -0.491 e. The minimum absolute atomic E-state index is 0.0670. The Morgan fingerprint density at radius 3 is 1.70 bits per heavy atom. The highest BCUT2D eigenvalue weighted by Crippen LogP contribution is 2.32. The number of fused-ring (bicyclic) bond motifs is 2. The summed E-state index contributed by atoms with van der Waals surface area (Å²) < 4.78 is 11.1. The Labute approximate surface area is 157 Å². The van der Waals surface area contributed by atoms with Gasteiger partial charge in [0.1, 0.15) is 24.7 Å². The average molecular weight is 366 g/mol. The molecule has 27 heavy (non-hydrogen) atoms. The van der Waals surface area contributed by atoms with Crippen LogP contribution in [0.15, 0.2) is 48.5 Å². The lowest BCUT2D eigenvalue weighted by Crippen LogP contribution is -2.31. The molecule has 2 unspecified atom stereocenters. The number of carbonyl (C=O) groups excluding carboxylic acids is 2. The zero-order valence-electron chi connectivity index (χ0n) is 14.9. The van der Waals surface area contributed by atoms with Crippen molar-refractivity contribution in [3.8, 4) is 11.5 Å². The molecule has 4 rings (SSSR count). The van der Waals surface area contributed by atoms with Crippen molar-refractivity contribution in [1.29, 1.82) is 0 Å². The van der Waals surface area contributed by atoms with Crippen LogP contribution < -0.4 is 20.1 Å². The summed E-state index contributed by atoms with van der Waals surface area (Å²) in [7, 11) is 0. The van der Waals surface area contributed by atoms with E-state index in [4.69, 9.17) is 9.47 Å². The summed E-state index contributed by atoms with van der Waals surface area (Å²) in [5, 5.41) is 5.96. The molecular formula is C21H22N2O4. The van der Waals surface area contributed by atoms with Gasteiger partial charge in [-0.05, 0) is 18.6 Å². The first kappa shape index (κ1) is 17.4. The molecule has 6 nitrogen and oxygen atoms in total. The number of nitrogens with one attached hydrogen (secondary N) is 2. The monoisotopic (exact) mass is 366 g/mol. The molecule has 2 atom stereocenters. The fraction of sp³-hybridized carbons (Fsp3) is 0.333. The van der Waals surface area contributed by atoms with Crippen molar-refractivity contribution in [1.82, 2.24) is 10.6 Å². The normalized spacial score (nSPS) is 19.4. The molecule has 0 saturated carbocycles. The number of hydrogen-bond acceptors (Lipinski definition) is 4. The number of rotatable bonds is 6. The molecule has 2 aliphatic rings. The minimum atomic E-state index is -0.116. The highest BCUT2D eigenvalue weighted by molar-refractivity contribution is 5.79. The zero-order valence-corrected chi connectivity index (χ0v) is 14.9. The lowest BCUT2D eigenvalue weighted by molar-refractivity contribution is -0.123. The van der Waals surface area contributed by atoms with Crippen LogP contribution in [0, 0.1) is 0 Å². The molecule has 0 bridgehead atoms. The molecule has 0 radical (unpaired) electrons. The van der Waals surface area contributed by atoms with E-state index in [9.17, 15) is 9.59 Å². The molecule has 0 spiro atoms. The predicted molar refractivity (Wildman–Crippen MR) is 99.5 cm³/mol. The van der Waals surface area contributed by atoms with Crippen LogP contribution >= 0.6 is 0 Å². The quantitative estimate of drug-likeness (QED) is 0.824. The third-order valence-electron chi connectivity index (χ3n) is 4.88. The zero-order chi connectivity index (χ0) is 18.6. The second-order valence-electron chi connectivity index (χ2n) is 6.79. The third kappa shape index (κ3) is 3.89. The fourth-order valence-electron chi connectivity index (χ4n) is 3.51. The molecule has 0 aromatic heterocycles. The Morgan fingerprint density at radius 1 is 0.778 bits per heavy atom. The number of benzene rings is 2. The summed E-state index contributed by atoms with van der Waals surface area (Å²) >= 11 is 0. The van der Waals surface area contributed by atoms with Crippen LogP contribution in [0.4, 0.5) is 0 Å². The molecule has 2 aromatic rings. The van der Waals surface area contributed by atoms with E-state index in [1.807, 2.05) is 48.5 Å². The van der Waals surface area contributed by atoms with Gasteiger partial charge in [0.2, 0.25) is 11.8 Å². The Morgan fingerprint density at radius 2 is 1.22 bits per heavy atom. The van der Waals surface area contributed by atoms with Gasteiger partial charge in [-0.15, -0.1) is 0 Å². The average Bonchev–Trinajstić information content (AvgIpc) is 3.27. The Kier molecular flexibility index (Phi) is 4.96. The molecule has 0 aliphatic carbocycles. The van der Waals surface area contributed by atoms with Crippen LogP contribution in [-0.2, 0) is 9.59 Å². The molecule has 2 heterocycles. The maximum Gasteiger partial charge on any atom is 0.220 e. The van der Waals surface area contributed by atoms with Gasteiger partial charge in [-0.3, -0.25) is 9.59 Å². The maximum absolute atomic E-state index is 12.2. The molecular weight excluding hydrogens is 344 g/mol. The largest absolute Gasteiger partial charge is 0.491 e. The van der Waals surface area contributed by atoms with E-state index in [1.54, 1.807) is 0 Å². The van der Waals surface area contributed by atoms with Crippen LogP contribution in [-0.4, -0.2) is 25.0 Å². The van der Waals surface area contributed by atoms with Gasteiger partial charge in [0.15, 0.2) is 0 Å². The van der Waals surface area contributed by atoms with Crippen LogP contribution in [0.2, 0.25) is 0 Å². The highest BCUT2D eigenvalue weighted by atomic mass is 16.5. The van der Waals surface area contributed by atoms with Crippen molar-refractivity contribution in [2.24, 2.45) is 0 Å². The number of carbonyl (C=O) groups is 2. The van der Waals surface area contributed by atoms with E-state index in [2.05, 4.69) is 10.6 Å². The summed E-state index contributed by atoms with van der Waals surface area (Å²) in [5.74, 6) is 1.51. The van der Waals surface area contributed by atoms with Gasteiger partial charge in [0.25, 0.3) is 0 Å². The molecule has 2 aromatic carbocycles. The number of amides is 2. The molecule has 6 heteroatoms. The SMILES string of the molecule is O=C(CCCC(=O)NC1COc2ccccc21)NC1COc2ccccc21. The Bertz CT molecular complexity index is 782. The smallest absolute Gasteiger partial charge is 0.220 e. The molecule has 2 N–H and O–H groups in total. The summed E-state index contributed by atoms with van der Waals surface area (Å²) in [4.78, 5) is 24.4. The Hall–Kier alpha value is -3.02. The van der Waals surface area contributed by atoms with E-state index in [1.165, 1.54) is 0 Å². The first-order valence-electron chi connectivity index (χ1n) is 9.23. The van der Waals surface area contributed by atoms with Gasteiger partial charge in [0, 0.05) is 24.0 Å². The van der Waals surface area contributed by atoms with Crippen LogP contribution in [0.5, 0.6) is 11.5 Å². The molecule has 2 amide bonds. The lowest BCUT2D eigenvalue weighted by Gasteiger charge is -2.13. The number of hydrogen-bond donors (Lipinski definition) is 2. The van der Waals surface area contributed by atoms with Gasteiger partial charge >= 0.3 is 0 Å². The second-order valence-corrected chi connectivity index (χ2v) is 6.79. The van der Waals surface area contributed by atoms with Gasteiger partial charge in [0.05, 0.1) is 12.1 Å². The van der Waals surface area contributed by atoms with Crippen LogP contribution in [0.3, 0.4) is 0 Å². The lowest BCUT2D eigenvalue weighted by atomic mass is 10.1. The van der Waals surface area contributed by atoms with Crippen molar-refractivity contribution in [2.75, 3.05) is 13.2 Å². The van der Waals surface area contributed by atoms with E-state index in [0.717, 1.165) is 22.6 Å². The summed E-state index contributed by atoms with van der Waals surface area (Å²) in [6.45, 7) is 0.902. The maximum atomic E-state index is 12.2. The van der Waals surface area contributed by atoms with Gasteiger partial charge in [-0.2, -0.15) is 0 Å². The van der Waals surface area contributed by atoms with E-state index >= 15 is 0 Å². The van der Waals surface area contributed by atoms with Gasteiger partial charge < -0.3 is 20.1 Å². The van der Waals surface area contributed by atoms with Crippen molar-refractivity contribution >= 4 is 11.8 Å². The molecule has 2 aliphatic heterocycles. The molecule has 0 fully saturated rings. The van der Waals surface area contributed by atoms with Crippen molar-refractivity contribution in [3.05, 3.63) is 59.7 Å². The fourth-order valence-corrected chi connectivity index (χ4v) is 3.51. The van der Waals surface area contributed by atoms with E-state index in [-0.39, 0.29) is 23.9 Å². The van der Waals surface area contributed by atoms with Crippen molar-refractivity contribution in [3.63, 3.8) is 0 Å². The molecule has 0 saturated heterocycles. The predicted octanol–water partition coefficient (Wildman–Crippen LogP) is 2.66. The summed E-state index contributed by atoms with van der Waals surface area (Å²) in [6, 6.07) is 15.2. The van der Waals surface area contributed by atoms with E-state index in [0.29, 0.717) is 32.5 Å². The third-order valence-corrected chi connectivity index (χ3v) is 4.88. The van der Waals surface area contributed by atoms with Crippen molar-refractivity contribution < 1.29 is 19.1 Å². The topological polar surface area (TPSA) is 76.7 Å². The van der Waals surface area contributed by atoms with Crippen LogP contribution in [0.25, 0.3) is 0 Å². The summed E-state index contributed by atoms with van der Waals surface area (Å²) in [6.07, 6.45) is 1.12. The van der Waals surface area contributed by atoms with Gasteiger partial charge in [-0.1, -0.05) is 36.4 Å². The second kappa shape index (κ2) is 7.70. The van der Waals surface area contributed by atoms with Crippen LogP contribution in [0.1, 0.15) is 42.5 Å². The first-order chi connectivity index (χ1) is 13.2. The summed E-state index contributed by atoms with van der Waals surface area (Å²) in [5.41, 5.74) is 2.01. The highest BCUT2D eigenvalue weighted by Gasteiger charge is 2.26.